The summed E-state index contributed by atoms with van der Waals surface area (Å²) < 4.78 is 13.5. The molecule has 0 aliphatic heterocycles. The van der Waals surface area contributed by atoms with E-state index in [-0.39, 0.29) is 5.82 Å². The molecule has 0 aliphatic rings. The Kier molecular flexibility index (Phi) is 3.91. The van der Waals surface area contributed by atoms with Gasteiger partial charge in [0.25, 0.3) is 0 Å². The van der Waals surface area contributed by atoms with Gasteiger partial charge < -0.3 is 5.73 Å². The minimum absolute atomic E-state index is 0.301. The van der Waals surface area contributed by atoms with Crippen molar-refractivity contribution in [1.82, 2.24) is 9.97 Å². The average Bonchev–Trinajstić information content (AvgIpc) is 2.79. The molecule has 0 amide bonds. The number of anilines is 1. The summed E-state index contributed by atoms with van der Waals surface area (Å²) in [7, 11) is 0. The Labute approximate surface area is 110 Å². The minimum Gasteiger partial charge on any atom is -0.384 e. The van der Waals surface area contributed by atoms with Gasteiger partial charge >= 0.3 is 0 Å². The zero-order valence-corrected chi connectivity index (χ0v) is 11.3. The molecule has 0 fully saturated rings. The second kappa shape index (κ2) is 5.44. The fourth-order valence-electron chi connectivity index (χ4n) is 1.64. The van der Waals surface area contributed by atoms with E-state index in [2.05, 4.69) is 29.2 Å². The summed E-state index contributed by atoms with van der Waals surface area (Å²) in [4.78, 5) is 8.24. The highest BCUT2D eigenvalue weighted by molar-refractivity contribution is 7.09. The van der Waals surface area contributed by atoms with E-state index in [4.69, 9.17) is 5.73 Å². The SMILES string of the molecule is CC(C)c1csc(CCc2cc(N)ncc2F)n1. The predicted molar refractivity (Wildman–Crippen MR) is 72.2 cm³/mol. The molecule has 5 heteroatoms. The van der Waals surface area contributed by atoms with E-state index >= 15 is 0 Å². The Morgan fingerprint density at radius 1 is 1.39 bits per heavy atom. The van der Waals surface area contributed by atoms with Crippen molar-refractivity contribution >= 4 is 17.2 Å². The van der Waals surface area contributed by atoms with Crippen LogP contribution in [-0.4, -0.2) is 9.97 Å². The number of nitrogen functional groups attached to an aromatic ring is 1. The quantitative estimate of drug-likeness (QED) is 0.923. The van der Waals surface area contributed by atoms with E-state index in [1.54, 1.807) is 17.4 Å². The molecule has 0 bridgehead atoms. The number of thiazole rings is 1. The van der Waals surface area contributed by atoms with Crippen LogP contribution >= 0.6 is 11.3 Å². The van der Waals surface area contributed by atoms with Crippen LogP contribution in [0.25, 0.3) is 0 Å². The van der Waals surface area contributed by atoms with Crippen molar-refractivity contribution in [2.45, 2.75) is 32.6 Å². The Morgan fingerprint density at radius 2 is 2.17 bits per heavy atom. The van der Waals surface area contributed by atoms with E-state index < -0.39 is 0 Å². The second-order valence-electron chi connectivity index (χ2n) is 4.52. The van der Waals surface area contributed by atoms with Crippen LogP contribution in [0.15, 0.2) is 17.6 Å². The first-order valence-electron chi connectivity index (χ1n) is 5.90. The molecular weight excluding hydrogens is 249 g/mol. The third-order valence-electron chi connectivity index (χ3n) is 2.73. The predicted octanol–water partition coefficient (Wildman–Crippen LogP) is 3.17. The Morgan fingerprint density at radius 3 is 2.83 bits per heavy atom. The zero-order valence-electron chi connectivity index (χ0n) is 10.5. The van der Waals surface area contributed by atoms with Crippen molar-refractivity contribution in [3.05, 3.63) is 39.7 Å². The Hall–Kier alpha value is -1.49. The van der Waals surface area contributed by atoms with Gasteiger partial charge in [-0.3, -0.25) is 0 Å². The fourth-order valence-corrected chi connectivity index (χ4v) is 2.60. The summed E-state index contributed by atoms with van der Waals surface area (Å²) in [5.41, 5.74) is 7.25. The highest BCUT2D eigenvalue weighted by Gasteiger charge is 2.08. The lowest BCUT2D eigenvalue weighted by molar-refractivity contribution is 0.602. The zero-order chi connectivity index (χ0) is 13.1. The van der Waals surface area contributed by atoms with Crippen LogP contribution in [0, 0.1) is 5.82 Å². The lowest BCUT2D eigenvalue weighted by Crippen LogP contribution is -1.99. The fraction of sp³-hybridized carbons (Fsp3) is 0.385. The summed E-state index contributed by atoms with van der Waals surface area (Å²) in [5, 5.41) is 3.10. The van der Waals surface area contributed by atoms with Crippen molar-refractivity contribution < 1.29 is 4.39 Å². The molecule has 0 saturated heterocycles. The summed E-state index contributed by atoms with van der Waals surface area (Å²) in [6, 6.07) is 1.59. The molecule has 96 valence electrons. The normalized spacial score (nSPS) is 11.1. The number of aromatic nitrogens is 2. The van der Waals surface area contributed by atoms with Gasteiger partial charge in [-0.05, 0) is 24.0 Å². The molecular formula is C13H16FN3S. The molecule has 0 saturated carbocycles. The van der Waals surface area contributed by atoms with Crippen molar-refractivity contribution in [2.75, 3.05) is 5.73 Å². The van der Waals surface area contributed by atoms with Crippen molar-refractivity contribution in [2.24, 2.45) is 0 Å². The van der Waals surface area contributed by atoms with E-state index in [1.807, 2.05) is 0 Å². The molecule has 0 aromatic carbocycles. The highest BCUT2D eigenvalue weighted by Crippen LogP contribution is 2.20. The summed E-state index contributed by atoms with van der Waals surface area (Å²) >= 11 is 1.63. The number of hydrogen-bond acceptors (Lipinski definition) is 4. The molecule has 3 nitrogen and oxygen atoms in total. The van der Waals surface area contributed by atoms with Gasteiger partial charge in [0.05, 0.1) is 16.9 Å². The molecule has 0 spiro atoms. The van der Waals surface area contributed by atoms with Gasteiger partial charge in [-0.15, -0.1) is 11.3 Å². The summed E-state index contributed by atoms with van der Waals surface area (Å²) in [6.45, 7) is 4.23. The first kappa shape index (κ1) is 13.0. The third-order valence-corrected chi connectivity index (χ3v) is 3.65. The maximum atomic E-state index is 13.5. The van der Waals surface area contributed by atoms with Crippen LogP contribution in [0.1, 0.15) is 36.0 Å². The van der Waals surface area contributed by atoms with Crippen molar-refractivity contribution in [1.29, 1.82) is 0 Å². The molecule has 0 atom stereocenters. The number of nitrogens with two attached hydrogens (primary N) is 1. The smallest absolute Gasteiger partial charge is 0.144 e. The molecule has 2 aromatic rings. The number of hydrogen-bond donors (Lipinski definition) is 1. The van der Waals surface area contributed by atoms with Crippen LogP contribution in [0.2, 0.25) is 0 Å². The molecule has 2 N–H and O–H groups in total. The van der Waals surface area contributed by atoms with Gasteiger partial charge in [0.2, 0.25) is 0 Å². The van der Waals surface area contributed by atoms with E-state index in [0.29, 0.717) is 23.7 Å². The molecule has 0 unspecified atom stereocenters. The van der Waals surface area contributed by atoms with Crippen LogP contribution in [0.3, 0.4) is 0 Å². The minimum atomic E-state index is -0.301. The molecule has 0 radical (unpaired) electrons. The Bertz CT molecular complexity index is 537. The van der Waals surface area contributed by atoms with E-state index in [9.17, 15) is 4.39 Å². The largest absolute Gasteiger partial charge is 0.384 e. The van der Waals surface area contributed by atoms with Gasteiger partial charge in [-0.1, -0.05) is 13.8 Å². The van der Waals surface area contributed by atoms with E-state index in [0.717, 1.165) is 17.1 Å². The first-order chi connectivity index (χ1) is 8.56. The van der Waals surface area contributed by atoms with Gasteiger partial charge in [0.1, 0.15) is 11.6 Å². The van der Waals surface area contributed by atoms with Crippen molar-refractivity contribution in [3.63, 3.8) is 0 Å². The molecule has 0 aliphatic carbocycles. The maximum Gasteiger partial charge on any atom is 0.144 e. The lowest BCUT2D eigenvalue weighted by atomic mass is 10.1. The lowest BCUT2D eigenvalue weighted by Gasteiger charge is -2.02. The highest BCUT2D eigenvalue weighted by atomic mass is 32.1. The topological polar surface area (TPSA) is 51.8 Å². The van der Waals surface area contributed by atoms with Gasteiger partial charge in [0, 0.05) is 11.8 Å². The van der Waals surface area contributed by atoms with Crippen molar-refractivity contribution in [3.8, 4) is 0 Å². The standard InChI is InChI=1S/C13H16FN3S/c1-8(2)11-7-18-13(17-11)4-3-9-5-12(15)16-6-10(9)14/h5-8H,3-4H2,1-2H3,(H2,15,16). The number of pyridine rings is 1. The molecule has 2 aromatic heterocycles. The molecule has 2 heterocycles. The van der Waals surface area contributed by atoms with Crippen LogP contribution in [-0.2, 0) is 12.8 Å². The molecule has 2 rings (SSSR count). The van der Waals surface area contributed by atoms with Crippen LogP contribution in [0.4, 0.5) is 10.2 Å². The Balaban J connectivity index is 2.04. The van der Waals surface area contributed by atoms with Gasteiger partial charge in [0.15, 0.2) is 0 Å². The first-order valence-corrected chi connectivity index (χ1v) is 6.78. The molecule has 18 heavy (non-hydrogen) atoms. The number of rotatable bonds is 4. The van der Waals surface area contributed by atoms with Crippen LogP contribution in [0.5, 0.6) is 0 Å². The van der Waals surface area contributed by atoms with Crippen LogP contribution < -0.4 is 5.73 Å². The number of aryl methyl sites for hydroxylation is 2. The second-order valence-corrected chi connectivity index (χ2v) is 5.46. The number of nitrogens with zero attached hydrogens (tertiary/aromatic N) is 2. The van der Waals surface area contributed by atoms with Gasteiger partial charge in [-0.25, -0.2) is 14.4 Å². The monoisotopic (exact) mass is 265 g/mol. The maximum absolute atomic E-state index is 13.5. The summed E-state index contributed by atoms with van der Waals surface area (Å²) in [5.74, 6) is 0.488. The third kappa shape index (κ3) is 3.04. The summed E-state index contributed by atoms with van der Waals surface area (Å²) in [6.07, 6.45) is 2.51. The van der Waals surface area contributed by atoms with E-state index in [1.165, 1.54) is 6.20 Å². The van der Waals surface area contributed by atoms with Gasteiger partial charge in [-0.2, -0.15) is 0 Å². The average molecular weight is 265 g/mol. The number of halogens is 1.